The van der Waals surface area contributed by atoms with Crippen LogP contribution in [0, 0.1) is 0 Å². The normalized spacial score (nSPS) is 21.1. The Morgan fingerprint density at radius 2 is 1.29 bits per heavy atom. The predicted molar refractivity (Wildman–Crippen MR) is 130 cm³/mol. The summed E-state index contributed by atoms with van der Waals surface area (Å²) in [5.41, 5.74) is -0.957. The zero-order valence-electron chi connectivity index (χ0n) is 19.2. The van der Waals surface area contributed by atoms with Crippen LogP contribution in [-0.4, -0.2) is 35.2 Å². The Balaban J connectivity index is 1.97. The van der Waals surface area contributed by atoms with Crippen molar-refractivity contribution >= 4 is 31.1 Å². The van der Waals surface area contributed by atoms with Crippen molar-refractivity contribution in [2.45, 2.75) is 77.0 Å². The van der Waals surface area contributed by atoms with E-state index in [9.17, 15) is 4.79 Å². The van der Waals surface area contributed by atoms with Crippen LogP contribution in [0.1, 0.15) is 59.8 Å². The van der Waals surface area contributed by atoms with Gasteiger partial charge in [0.25, 0.3) is 0 Å². The molecule has 0 atom stereocenters. The van der Waals surface area contributed by atoms with Gasteiger partial charge in [-0.2, -0.15) is 0 Å². The molecule has 1 saturated carbocycles. The number of amides is 1. The molecule has 1 heterocycles. The van der Waals surface area contributed by atoms with Crippen LogP contribution in [0.15, 0.2) is 60.7 Å². The molecule has 1 saturated heterocycles. The second kappa shape index (κ2) is 8.69. The number of hydrogen-bond acceptors (Lipinski definition) is 3. The van der Waals surface area contributed by atoms with E-state index in [2.05, 4.69) is 80.9 Å². The molecular weight excluding hydrogens is 404 g/mol. The number of rotatable bonds is 6. The van der Waals surface area contributed by atoms with Crippen molar-refractivity contribution in [1.29, 1.82) is 0 Å². The highest BCUT2D eigenvalue weighted by atomic mass is 31.2. The van der Waals surface area contributed by atoms with Crippen molar-refractivity contribution < 1.29 is 14.1 Å². The van der Waals surface area contributed by atoms with Crippen molar-refractivity contribution in [2.75, 3.05) is 0 Å². The predicted octanol–water partition coefficient (Wildman–Crippen LogP) is 4.95. The largest absolute Gasteiger partial charge is 0.705 e. The van der Waals surface area contributed by atoms with Crippen LogP contribution in [-0.2, 0) is 14.1 Å². The summed E-state index contributed by atoms with van der Waals surface area (Å²) >= 11 is 0. The highest BCUT2D eigenvalue weighted by molar-refractivity contribution is 8.11. The van der Waals surface area contributed by atoms with E-state index in [1.54, 1.807) is 0 Å². The van der Waals surface area contributed by atoms with E-state index in [0.717, 1.165) is 42.7 Å². The van der Waals surface area contributed by atoms with Crippen molar-refractivity contribution in [3.05, 3.63) is 60.7 Å². The standard InChI is InChI=1S/C25H34BNO3P/c1-24(2)25(3,4)30-26(29-24)31(22-16-10-6-11-17-22,23-18-12-7-13-19-23)27(20-28)21-14-8-5-9-15-21/h6-7,10-13,16-21H,5,8-9,14-15H2,1-4H3/q+1. The number of nitrogens with zero attached hydrogens (tertiary/aromatic N) is 1. The van der Waals surface area contributed by atoms with E-state index >= 15 is 0 Å². The van der Waals surface area contributed by atoms with Crippen LogP contribution in [0.4, 0.5) is 0 Å². The lowest BCUT2D eigenvalue weighted by molar-refractivity contribution is -0.115. The SMILES string of the molecule is CC1(C)OB([P+](c2ccccc2)(c2ccccc2)N(C=O)C2CCCCC2)OC1(C)C. The minimum atomic E-state index is -2.57. The molecule has 4 rings (SSSR count). The van der Waals surface area contributed by atoms with Gasteiger partial charge in [-0.1, -0.05) is 55.7 Å². The van der Waals surface area contributed by atoms with Crippen LogP contribution in [0.5, 0.6) is 0 Å². The Bertz CT molecular complexity index is 829. The first-order valence-corrected chi connectivity index (χ1v) is 13.2. The summed E-state index contributed by atoms with van der Waals surface area (Å²) in [4.78, 5) is 12.9. The van der Waals surface area contributed by atoms with Crippen molar-refractivity contribution in [1.82, 2.24) is 4.67 Å². The summed E-state index contributed by atoms with van der Waals surface area (Å²) in [7, 11) is -2.57. The van der Waals surface area contributed by atoms with Gasteiger partial charge in [0.1, 0.15) is 10.6 Å². The van der Waals surface area contributed by atoms with Crippen LogP contribution >= 0.6 is 7.29 Å². The maximum absolute atomic E-state index is 12.9. The number of carbonyl (C=O) groups excluding carboxylic acids is 1. The van der Waals surface area contributed by atoms with Gasteiger partial charge in [-0.05, 0) is 64.8 Å². The highest BCUT2D eigenvalue weighted by Gasteiger charge is 2.72. The Hall–Kier alpha value is -1.68. The molecule has 0 unspecified atom stereocenters. The molecule has 0 aromatic heterocycles. The van der Waals surface area contributed by atoms with Crippen molar-refractivity contribution in [2.24, 2.45) is 0 Å². The van der Waals surface area contributed by atoms with Gasteiger partial charge in [0, 0.05) is 0 Å². The summed E-state index contributed by atoms with van der Waals surface area (Å²) in [6.45, 7) is 7.83. The molecule has 0 N–H and O–H groups in total. The lowest BCUT2D eigenvalue weighted by Crippen LogP contribution is -2.50. The van der Waals surface area contributed by atoms with Gasteiger partial charge in [-0.3, -0.25) is 4.79 Å². The third-order valence-electron chi connectivity index (χ3n) is 7.27. The fourth-order valence-electron chi connectivity index (χ4n) is 4.81. The van der Waals surface area contributed by atoms with Gasteiger partial charge >= 0.3 is 6.84 Å². The first-order chi connectivity index (χ1) is 14.8. The summed E-state index contributed by atoms with van der Waals surface area (Å²) in [5, 5.41) is 2.25. The highest BCUT2D eigenvalue weighted by Crippen LogP contribution is 2.66. The molecule has 1 aliphatic heterocycles. The lowest BCUT2D eigenvalue weighted by Gasteiger charge is -2.40. The molecule has 4 nitrogen and oxygen atoms in total. The quantitative estimate of drug-likeness (QED) is 0.364. The lowest BCUT2D eigenvalue weighted by atomic mass is 9.90. The maximum Gasteiger partial charge on any atom is 0.705 e. The zero-order valence-corrected chi connectivity index (χ0v) is 20.1. The molecule has 2 aromatic carbocycles. The molecule has 2 aromatic rings. The maximum atomic E-state index is 12.9. The number of hydrogen-bond donors (Lipinski definition) is 0. The molecule has 0 bridgehead atoms. The van der Waals surface area contributed by atoms with Crippen LogP contribution < -0.4 is 10.6 Å². The first kappa shape index (κ1) is 22.5. The molecule has 0 radical (unpaired) electrons. The second-order valence-electron chi connectivity index (χ2n) is 9.70. The topological polar surface area (TPSA) is 38.8 Å². The fraction of sp³-hybridized carbons (Fsp3) is 0.480. The van der Waals surface area contributed by atoms with Crippen LogP contribution in [0.3, 0.4) is 0 Å². The van der Waals surface area contributed by atoms with Crippen molar-refractivity contribution in [3.63, 3.8) is 0 Å². The Morgan fingerprint density at radius 3 is 1.71 bits per heavy atom. The monoisotopic (exact) mass is 438 g/mol. The Morgan fingerprint density at radius 1 is 0.839 bits per heavy atom. The van der Waals surface area contributed by atoms with Gasteiger partial charge in [0.15, 0.2) is 7.29 Å². The third-order valence-corrected chi connectivity index (χ3v) is 11.4. The van der Waals surface area contributed by atoms with E-state index in [4.69, 9.17) is 9.31 Å². The van der Waals surface area contributed by atoms with E-state index in [0.29, 0.717) is 0 Å². The summed E-state index contributed by atoms with van der Waals surface area (Å²) in [6.07, 6.45) is 6.68. The summed E-state index contributed by atoms with van der Waals surface area (Å²) in [6, 6.07) is 21.1. The van der Waals surface area contributed by atoms with Gasteiger partial charge < -0.3 is 9.31 Å². The fourth-order valence-corrected chi connectivity index (χ4v) is 9.32. The van der Waals surface area contributed by atoms with Crippen LogP contribution in [0.2, 0.25) is 0 Å². The minimum absolute atomic E-state index is 0.194. The number of carbonyl (C=O) groups is 1. The number of benzene rings is 2. The second-order valence-corrected chi connectivity index (χ2v) is 13.0. The molecule has 0 spiro atoms. The third kappa shape index (κ3) is 3.86. The molecule has 2 aliphatic rings. The smallest absolute Gasteiger partial charge is 0.365 e. The molecule has 2 fully saturated rings. The van der Waals surface area contributed by atoms with Crippen LogP contribution in [0.25, 0.3) is 0 Å². The molecule has 1 amide bonds. The molecule has 31 heavy (non-hydrogen) atoms. The minimum Gasteiger partial charge on any atom is -0.365 e. The molecular formula is C25H34BNO3P+. The average Bonchev–Trinajstić information content (AvgIpc) is 3.00. The van der Waals surface area contributed by atoms with Gasteiger partial charge in [-0.25, -0.2) is 4.67 Å². The summed E-state index contributed by atoms with van der Waals surface area (Å²) < 4.78 is 15.6. The average molecular weight is 438 g/mol. The molecule has 164 valence electrons. The van der Waals surface area contributed by atoms with Crippen molar-refractivity contribution in [3.8, 4) is 0 Å². The van der Waals surface area contributed by atoms with E-state index in [1.807, 2.05) is 12.1 Å². The zero-order chi connectivity index (χ0) is 22.1. The van der Waals surface area contributed by atoms with Gasteiger partial charge in [0.05, 0.1) is 17.2 Å². The first-order valence-electron chi connectivity index (χ1n) is 11.4. The Kier molecular flexibility index (Phi) is 6.31. The molecule has 1 aliphatic carbocycles. The van der Waals surface area contributed by atoms with E-state index in [-0.39, 0.29) is 6.04 Å². The van der Waals surface area contributed by atoms with Gasteiger partial charge in [0.2, 0.25) is 6.41 Å². The van der Waals surface area contributed by atoms with Gasteiger partial charge in [-0.15, -0.1) is 0 Å². The summed E-state index contributed by atoms with van der Waals surface area (Å²) in [5.74, 6) is 0. The molecule has 6 heteroatoms. The Labute approximate surface area is 187 Å². The van der Waals surface area contributed by atoms with E-state index < -0.39 is 25.3 Å². The van der Waals surface area contributed by atoms with E-state index in [1.165, 1.54) is 6.42 Å².